The molecular formula is C15H25FN2O2. The molecule has 0 amide bonds. The Hall–Kier alpha value is -1.01. The van der Waals surface area contributed by atoms with Crippen LogP contribution in [0.1, 0.15) is 11.1 Å². The fourth-order valence-corrected chi connectivity index (χ4v) is 2.01. The second kappa shape index (κ2) is 9.83. The molecule has 20 heavy (non-hydrogen) atoms. The molecule has 114 valence electrons. The van der Waals surface area contributed by atoms with Gasteiger partial charge in [-0.05, 0) is 18.7 Å². The Morgan fingerprint density at radius 2 is 1.80 bits per heavy atom. The number of hydrogen-bond acceptors (Lipinski definition) is 4. The third-order valence-electron chi connectivity index (χ3n) is 3.11. The van der Waals surface area contributed by atoms with E-state index in [1.54, 1.807) is 14.2 Å². The molecule has 0 aliphatic carbocycles. The summed E-state index contributed by atoms with van der Waals surface area (Å²) in [5, 5.41) is 3.08. The SMILES string of the molecule is CNCc1ccc(F)c(CN(CCOC)CCOC)c1. The summed E-state index contributed by atoms with van der Waals surface area (Å²) < 4.78 is 24.1. The highest BCUT2D eigenvalue weighted by Crippen LogP contribution is 2.13. The number of hydrogen-bond donors (Lipinski definition) is 1. The van der Waals surface area contributed by atoms with Crippen molar-refractivity contribution in [2.75, 3.05) is 47.6 Å². The molecule has 0 saturated heterocycles. The molecule has 0 spiro atoms. The van der Waals surface area contributed by atoms with Crippen LogP contribution in [-0.4, -0.2) is 52.5 Å². The molecule has 0 heterocycles. The van der Waals surface area contributed by atoms with Gasteiger partial charge in [-0.3, -0.25) is 4.90 Å². The summed E-state index contributed by atoms with van der Waals surface area (Å²) in [5.74, 6) is -0.162. The van der Waals surface area contributed by atoms with Crippen molar-refractivity contribution in [3.8, 4) is 0 Å². The van der Waals surface area contributed by atoms with Gasteiger partial charge in [0.15, 0.2) is 0 Å². The van der Waals surface area contributed by atoms with Crippen molar-refractivity contribution in [3.63, 3.8) is 0 Å². The van der Waals surface area contributed by atoms with E-state index in [1.165, 1.54) is 6.07 Å². The highest BCUT2D eigenvalue weighted by molar-refractivity contribution is 5.25. The van der Waals surface area contributed by atoms with Crippen molar-refractivity contribution >= 4 is 0 Å². The number of nitrogens with one attached hydrogen (secondary N) is 1. The first-order chi connectivity index (χ1) is 9.71. The lowest BCUT2D eigenvalue weighted by molar-refractivity contribution is 0.109. The van der Waals surface area contributed by atoms with Crippen LogP contribution in [0.4, 0.5) is 4.39 Å². The largest absolute Gasteiger partial charge is 0.383 e. The van der Waals surface area contributed by atoms with E-state index in [2.05, 4.69) is 10.2 Å². The number of halogens is 1. The second-order valence-electron chi connectivity index (χ2n) is 4.72. The molecule has 0 radical (unpaired) electrons. The zero-order valence-electron chi connectivity index (χ0n) is 12.6. The smallest absolute Gasteiger partial charge is 0.127 e. The third-order valence-corrected chi connectivity index (χ3v) is 3.11. The van der Waals surface area contributed by atoms with Crippen LogP contribution in [0.2, 0.25) is 0 Å². The molecule has 1 rings (SSSR count). The van der Waals surface area contributed by atoms with Gasteiger partial charge < -0.3 is 14.8 Å². The quantitative estimate of drug-likeness (QED) is 0.708. The zero-order chi connectivity index (χ0) is 14.8. The van der Waals surface area contributed by atoms with Crippen LogP contribution in [0.3, 0.4) is 0 Å². The maximum absolute atomic E-state index is 13.9. The molecule has 0 saturated carbocycles. The van der Waals surface area contributed by atoms with Gasteiger partial charge in [-0.2, -0.15) is 0 Å². The first-order valence-corrected chi connectivity index (χ1v) is 6.83. The van der Waals surface area contributed by atoms with Crippen LogP contribution in [-0.2, 0) is 22.6 Å². The van der Waals surface area contributed by atoms with E-state index < -0.39 is 0 Å². The minimum absolute atomic E-state index is 0.162. The molecule has 4 nitrogen and oxygen atoms in total. The van der Waals surface area contributed by atoms with Crippen LogP contribution in [0, 0.1) is 5.82 Å². The number of rotatable bonds is 10. The molecule has 0 bridgehead atoms. The molecule has 1 aromatic carbocycles. The average molecular weight is 284 g/mol. The number of methoxy groups -OCH3 is 2. The first kappa shape index (κ1) is 17.0. The van der Waals surface area contributed by atoms with E-state index in [0.717, 1.165) is 25.2 Å². The highest BCUT2D eigenvalue weighted by Gasteiger charge is 2.10. The number of ether oxygens (including phenoxy) is 2. The summed E-state index contributed by atoms with van der Waals surface area (Å²) in [7, 11) is 5.22. The van der Waals surface area contributed by atoms with Crippen molar-refractivity contribution in [2.45, 2.75) is 13.1 Å². The van der Waals surface area contributed by atoms with Crippen molar-refractivity contribution in [3.05, 3.63) is 35.1 Å². The van der Waals surface area contributed by atoms with Crippen LogP contribution in [0.5, 0.6) is 0 Å². The maximum Gasteiger partial charge on any atom is 0.127 e. The standard InChI is InChI=1S/C15H25FN2O2/c1-17-11-13-4-5-15(16)14(10-13)12-18(6-8-19-2)7-9-20-3/h4-5,10,17H,6-9,11-12H2,1-3H3. The first-order valence-electron chi connectivity index (χ1n) is 6.83. The Balaban J connectivity index is 2.71. The van der Waals surface area contributed by atoms with E-state index in [9.17, 15) is 4.39 Å². The summed E-state index contributed by atoms with van der Waals surface area (Å²) in [6.07, 6.45) is 0. The Bertz CT molecular complexity index is 380. The number of benzene rings is 1. The minimum Gasteiger partial charge on any atom is -0.383 e. The van der Waals surface area contributed by atoms with E-state index in [0.29, 0.717) is 25.3 Å². The van der Waals surface area contributed by atoms with Crippen molar-refractivity contribution in [1.29, 1.82) is 0 Å². The zero-order valence-corrected chi connectivity index (χ0v) is 12.6. The summed E-state index contributed by atoms with van der Waals surface area (Å²) in [4.78, 5) is 2.13. The molecule has 5 heteroatoms. The summed E-state index contributed by atoms with van der Waals surface area (Å²) in [6.45, 7) is 4.08. The third kappa shape index (κ3) is 5.96. The lowest BCUT2D eigenvalue weighted by atomic mass is 10.1. The highest BCUT2D eigenvalue weighted by atomic mass is 19.1. The van der Waals surface area contributed by atoms with E-state index in [-0.39, 0.29) is 5.82 Å². The van der Waals surface area contributed by atoms with E-state index in [1.807, 2.05) is 19.2 Å². The normalized spacial score (nSPS) is 11.2. The Kier molecular flexibility index (Phi) is 8.37. The molecule has 0 aliphatic rings. The van der Waals surface area contributed by atoms with Gasteiger partial charge in [0.25, 0.3) is 0 Å². The molecule has 1 N–H and O–H groups in total. The van der Waals surface area contributed by atoms with Crippen LogP contribution >= 0.6 is 0 Å². The Morgan fingerprint density at radius 3 is 2.35 bits per heavy atom. The van der Waals surface area contributed by atoms with Gasteiger partial charge in [0.1, 0.15) is 5.82 Å². The van der Waals surface area contributed by atoms with Gasteiger partial charge in [-0.15, -0.1) is 0 Å². The predicted molar refractivity (Wildman–Crippen MR) is 78.2 cm³/mol. The molecule has 0 fully saturated rings. The molecule has 0 aromatic heterocycles. The lowest BCUT2D eigenvalue weighted by Crippen LogP contribution is -2.30. The second-order valence-corrected chi connectivity index (χ2v) is 4.72. The van der Waals surface area contributed by atoms with Crippen LogP contribution < -0.4 is 5.32 Å². The monoisotopic (exact) mass is 284 g/mol. The van der Waals surface area contributed by atoms with Gasteiger partial charge in [0, 0.05) is 46.0 Å². The molecular weight excluding hydrogens is 259 g/mol. The lowest BCUT2D eigenvalue weighted by Gasteiger charge is -2.22. The summed E-state index contributed by atoms with van der Waals surface area (Å²) in [5.41, 5.74) is 1.80. The van der Waals surface area contributed by atoms with Crippen molar-refractivity contribution < 1.29 is 13.9 Å². The topological polar surface area (TPSA) is 33.7 Å². The van der Waals surface area contributed by atoms with Gasteiger partial charge in [0.2, 0.25) is 0 Å². The Morgan fingerprint density at radius 1 is 1.15 bits per heavy atom. The van der Waals surface area contributed by atoms with E-state index in [4.69, 9.17) is 9.47 Å². The molecule has 1 aromatic rings. The van der Waals surface area contributed by atoms with Gasteiger partial charge >= 0.3 is 0 Å². The van der Waals surface area contributed by atoms with Crippen LogP contribution in [0.15, 0.2) is 18.2 Å². The fourth-order valence-electron chi connectivity index (χ4n) is 2.01. The molecule has 0 atom stereocenters. The fraction of sp³-hybridized carbons (Fsp3) is 0.600. The van der Waals surface area contributed by atoms with Crippen LogP contribution in [0.25, 0.3) is 0 Å². The predicted octanol–water partition coefficient (Wildman–Crippen LogP) is 1.64. The minimum atomic E-state index is -0.162. The average Bonchev–Trinajstić information content (AvgIpc) is 2.45. The number of nitrogens with zero attached hydrogens (tertiary/aromatic N) is 1. The Labute approximate surface area is 120 Å². The maximum atomic E-state index is 13.9. The summed E-state index contributed by atoms with van der Waals surface area (Å²) in [6, 6.07) is 5.26. The van der Waals surface area contributed by atoms with Crippen molar-refractivity contribution in [2.24, 2.45) is 0 Å². The van der Waals surface area contributed by atoms with E-state index >= 15 is 0 Å². The summed E-state index contributed by atoms with van der Waals surface area (Å²) >= 11 is 0. The molecule has 0 aliphatic heterocycles. The van der Waals surface area contributed by atoms with Gasteiger partial charge in [0.05, 0.1) is 13.2 Å². The van der Waals surface area contributed by atoms with Gasteiger partial charge in [-0.25, -0.2) is 4.39 Å². The van der Waals surface area contributed by atoms with Crippen molar-refractivity contribution in [1.82, 2.24) is 10.2 Å². The van der Waals surface area contributed by atoms with Gasteiger partial charge in [-0.1, -0.05) is 12.1 Å². The molecule has 0 unspecified atom stereocenters.